The summed E-state index contributed by atoms with van der Waals surface area (Å²) in [5.74, 6) is -0.643. The highest BCUT2D eigenvalue weighted by Gasteiger charge is 2.09. The van der Waals surface area contributed by atoms with Crippen LogP contribution < -0.4 is 11.1 Å². The van der Waals surface area contributed by atoms with Gasteiger partial charge >= 0.3 is 0 Å². The first-order chi connectivity index (χ1) is 9.54. The van der Waals surface area contributed by atoms with Crippen LogP contribution in [0.4, 0.5) is 21.5 Å². The molecule has 4 N–H and O–H groups in total. The first-order valence-electron chi connectivity index (χ1n) is 5.69. The quantitative estimate of drug-likeness (QED) is 0.487. The van der Waals surface area contributed by atoms with Crippen LogP contribution >= 0.6 is 23.2 Å². The second-order valence-corrected chi connectivity index (χ2v) is 5.09. The van der Waals surface area contributed by atoms with Crippen LogP contribution in [-0.2, 0) is 0 Å². The molecule has 0 bridgehead atoms. The second-order valence-electron chi connectivity index (χ2n) is 4.28. The zero-order valence-corrected chi connectivity index (χ0v) is 11.6. The number of anilines is 3. The Balaban J connectivity index is 2.02. The smallest absolute Gasteiger partial charge is 0.160 e. The van der Waals surface area contributed by atoms with Gasteiger partial charge < -0.3 is 11.1 Å². The van der Waals surface area contributed by atoms with Crippen molar-refractivity contribution in [3.05, 3.63) is 46.3 Å². The fourth-order valence-electron chi connectivity index (χ4n) is 1.90. The lowest BCUT2D eigenvalue weighted by atomic mass is 10.2. The molecule has 0 aliphatic heterocycles. The Kier molecular flexibility index (Phi) is 3.16. The summed E-state index contributed by atoms with van der Waals surface area (Å²) >= 11 is 11.5. The maximum absolute atomic E-state index is 13.4. The normalized spacial score (nSPS) is 10.9. The molecule has 0 amide bonds. The number of nitrogens with zero attached hydrogens (tertiary/aromatic N) is 1. The van der Waals surface area contributed by atoms with Crippen molar-refractivity contribution in [1.82, 2.24) is 10.2 Å². The summed E-state index contributed by atoms with van der Waals surface area (Å²) in [6.45, 7) is 0. The molecule has 3 aromatic rings. The lowest BCUT2D eigenvalue weighted by molar-refractivity contribution is 0.629. The van der Waals surface area contributed by atoms with Crippen LogP contribution in [0.25, 0.3) is 10.9 Å². The van der Waals surface area contributed by atoms with Crippen LogP contribution in [-0.4, -0.2) is 10.2 Å². The third-order valence-corrected chi connectivity index (χ3v) is 3.42. The molecule has 0 aliphatic carbocycles. The Hall–Kier alpha value is -1.98. The Morgan fingerprint density at radius 2 is 1.85 bits per heavy atom. The number of aromatic amines is 1. The molecule has 0 saturated heterocycles. The van der Waals surface area contributed by atoms with E-state index >= 15 is 0 Å². The largest absolute Gasteiger partial charge is 0.397 e. The lowest BCUT2D eigenvalue weighted by Crippen LogP contribution is -1.97. The molecule has 1 heterocycles. The molecule has 20 heavy (non-hydrogen) atoms. The Morgan fingerprint density at radius 1 is 1.15 bits per heavy atom. The van der Waals surface area contributed by atoms with E-state index < -0.39 is 5.82 Å². The van der Waals surface area contributed by atoms with Gasteiger partial charge in [-0.1, -0.05) is 23.2 Å². The predicted molar refractivity (Wildman–Crippen MR) is 80.2 cm³/mol. The van der Waals surface area contributed by atoms with Gasteiger partial charge in [0.25, 0.3) is 0 Å². The highest BCUT2D eigenvalue weighted by atomic mass is 35.5. The molecule has 7 heteroatoms. The van der Waals surface area contributed by atoms with Crippen molar-refractivity contribution < 1.29 is 4.39 Å². The van der Waals surface area contributed by atoms with Gasteiger partial charge in [0, 0.05) is 11.1 Å². The first-order valence-corrected chi connectivity index (χ1v) is 6.44. The van der Waals surface area contributed by atoms with Gasteiger partial charge in [-0.15, -0.1) is 0 Å². The molecule has 0 aliphatic rings. The first kappa shape index (κ1) is 13.0. The molecule has 4 nitrogen and oxygen atoms in total. The maximum atomic E-state index is 13.4. The van der Waals surface area contributed by atoms with E-state index in [4.69, 9.17) is 28.9 Å². The van der Waals surface area contributed by atoms with Crippen molar-refractivity contribution >= 4 is 51.2 Å². The SMILES string of the molecule is Nc1cc2cn[nH]c2cc1Nc1cc(Cl)c(F)c(Cl)c1. The third-order valence-electron chi connectivity index (χ3n) is 2.87. The summed E-state index contributed by atoms with van der Waals surface area (Å²) in [6.07, 6.45) is 1.68. The molecule has 1 aromatic heterocycles. The Labute approximate surface area is 123 Å². The van der Waals surface area contributed by atoms with Crippen molar-refractivity contribution in [2.75, 3.05) is 11.1 Å². The number of nitrogens with one attached hydrogen (secondary N) is 2. The maximum Gasteiger partial charge on any atom is 0.160 e. The summed E-state index contributed by atoms with van der Waals surface area (Å²) < 4.78 is 13.4. The van der Waals surface area contributed by atoms with Gasteiger partial charge in [-0.25, -0.2) is 4.39 Å². The van der Waals surface area contributed by atoms with Gasteiger partial charge in [-0.2, -0.15) is 5.10 Å². The monoisotopic (exact) mass is 310 g/mol. The fourth-order valence-corrected chi connectivity index (χ4v) is 2.39. The molecule has 0 spiro atoms. The van der Waals surface area contributed by atoms with Crippen molar-refractivity contribution in [1.29, 1.82) is 0 Å². The van der Waals surface area contributed by atoms with Crippen LogP contribution in [0.3, 0.4) is 0 Å². The van der Waals surface area contributed by atoms with Gasteiger partial charge in [0.05, 0.1) is 33.1 Å². The van der Waals surface area contributed by atoms with Crippen molar-refractivity contribution in [3.8, 4) is 0 Å². The van der Waals surface area contributed by atoms with Crippen LogP contribution in [0, 0.1) is 5.82 Å². The molecule has 0 radical (unpaired) electrons. The molecular weight excluding hydrogens is 302 g/mol. The minimum absolute atomic E-state index is 0.0545. The molecule has 0 fully saturated rings. The molecule has 0 saturated carbocycles. The van der Waals surface area contributed by atoms with E-state index in [2.05, 4.69) is 15.5 Å². The van der Waals surface area contributed by atoms with Crippen LogP contribution in [0.1, 0.15) is 0 Å². The van der Waals surface area contributed by atoms with Crippen molar-refractivity contribution in [2.45, 2.75) is 0 Å². The predicted octanol–water partition coefficient (Wildman–Crippen LogP) is 4.33. The number of aromatic nitrogens is 2. The van der Waals surface area contributed by atoms with Gasteiger partial charge in [-0.3, -0.25) is 5.10 Å². The number of hydrogen-bond donors (Lipinski definition) is 3. The van der Waals surface area contributed by atoms with Gasteiger partial charge in [0.1, 0.15) is 0 Å². The summed E-state index contributed by atoms with van der Waals surface area (Å²) in [7, 11) is 0. The summed E-state index contributed by atoms with van der Waals surface area (Å²) in [5.41, 5.74) is 8.53. The highest BCUT2D eigenvalue weighted by Crippen LogP contribution is 2.32. The number of halogens is 3. The average Bonchev–Trinajstić information content (AvgIpc) is 2.83. The Morgan fingerprint density at radius 3 is 2.55 bits per heavy atom. The second kappa shape index (κ2) is 4.85. The Bertz CT molecular complexity index is 777. The van der Waals surface area contributed by atoms with E-state index in [-0.39, 0.29) is 10.0 Å². The van der Waals surface area contributed by atoms with Gasteiger partial charge in [0.2, 0.25) is 0 Å². The van der Waals surface area contributed by atoms with Crippen molar-refractivity contribution in [3.63, 3.8) is 0 Å². The lowest BCUT2D eigenvalue weighted by Gasteiger charge is -2.11. The number of H-pyrrole nitrogens is 1. The topological polar surface area (TPSA) is 66.7 Å². The number of nitrogens with two attached hydrogens (primary N) is 1. The van der Waals surface area contributed by atoms with E-state index in [1.54, 1.807) is 12.3 Å². The zero-order valence-electron chi connectivity index (χ0n) is 10.0. The number of benzene rings is 2. The average molecular weight is 311 g/mol. The van der Waals surface area contributed by atoms with Crippen LogP contribution in [0.5, 0.6) is 0 Å². The standard InChI is InChI=1S/C13H9Cl2FN4/c14-8-2-7(3-9(15)13(8)16)19-12-4-11-6(1-10(12)17)5-18-20-11/h1-5,19H,17H2,(H,18,20). The molecule has 0 atom stereocenters. The zero-order chi connectivity index (χ0) is 14.3. The fraction of sp³-hybridized carbons (Fsp3) is 0. The van der Waals surface area contributed by atoms with Crippen molar-refractivity contribution in [2.24, 2.45) is 0 Å². The number of hydrogen-bond acceptors (Lipinski definition) is 3. The molecule has 102 valence electrons. The minimum Gasteiger partial charge on any atom is -0.397 e. The molecular formula is C13H9Cl2FN4. The highest BCUT2D eigenvalue weighted by molar-refractivity contribution is 6.35. The minimum atomic E-state index is -0.643. The van der Waals surface area contributed by atoms with Gasteiger partial charge in [-0.05, 0) is 24.3 Å². The van der Waals surface area contributed by atoms with E-state index in [0.717, 1.165) is 10.9 Å². The van der Waals surface area contributed by atoms with Crippen LogP contribution in [0.15, 0.2) is 30.5 Å². The molecule has 0 unspecified atom stereocenters. The molecule has 3 rings (SSSR count). The number of fused-ring (bicyclic) bond motifs is 1. The summed E-state index contributed by atoms with van der Waals surface area (Å²) in [4.78, 5) is 0. The van der Waals surface area contributed by atoms with E-state index in [9.17, 15) is 4.39 Å². The molecule has 2 aromatic carbocycles. The van der Waals surface area contributed by atoms with E-state index in [0.29, 0.717) is 17.1 Å². The van der Waals surface area contributed by atoms with Gasteiger partial charge in [0.15, 0.2) is 5.82 Å². The summed E-state index contributed by atoms with van der Waals surface area (Å²) in [5, 5.41) is 10.6. The number of nitrogen functional groups attached to an aromatic ring is 1. The van der Waals surface area contributed by atoms with E-state index in [1.165, 1.54) is 12.1 Å². The third kappa shape index (κ3) is 2.26. The van der Waals surface area contributed by atoms with Crippen LogP contribution in [0.2, 0.25) is 10.0 Å². The van der Waals surface area contributed by atoms with E-state index in [1.807, 2.05) is 6.07 Å². The summed E-state index contributed by atoms with van der Waals surface area (Å²) in [6, 6.07) is 6.48. The number of rotatable bonds is 2.